The van der Waals surface area contributed by atoms with Crippen LogP contribution in [-0.4, -0.2) is 15.7 Å². The Morgan fingerprint density at radius 1 is 1.35 bits per heavy atom. The SMILES string of the molecule is Cn1cc(NC(=O)c2cccc(C(F)(F)F)c2F)cn1. The van der Waals surface area contributed by atoms with Crippen LogP contribution in [0.2, 0.25) is 0 Å². The van der Waals surface area contributed by atoms with Gasteiger partial charge < -0.3 is 5.32 Å². The minimum absolute atomic E-state index is 0.259. The van der Waals surface area contributed by atoms with Crippen molar-refractivity contribution >= 4 is 11.6 Å². The molecule has 0 aliphatic rings. The number of halogens is 4. The van der Waals surface area contributed by atoms with Crippen molar-refractivity contribution in [1.29, 1.82) is 0 Å². The highest BCUT2D eigenvalue weighted by Crippen LogP contribution is 2.32. The Morgan fingerprint density at radius 3 is 2.60 bits per heavy atom. The van der Waals surface area contributed by atoms with Gasteiger partial charge in [-0.3, -0.25) is 9.48 Å². The Kier molecular flexibility index (Phi) is 3.47. The van der Waals surface area contributed by atoms with Gasteiger partial charge in [-0.25, -0.2) is 4.39 Å². The van der Waals surface area contributed by atoms with Crippen molar-refractivity contribution in [2.75, 3.05) is 5.32 Å². The molecule has 106 valence electrons. The van der Waals surface area contributed by atoms with Crippen LogP contribution in [0.15, 0.2) is 30.6 Å². The third kappa shape index (κ3) is 2.79. The van der Waals surface area contributed by atoms with Crippen molar-refractivity contribution in [3.63, 3.8) is 0 Å². The number of hydrogen-bond donors (Lipinski definition) is 1. The molecule has 4 nitrogen and oxygen atoms in total. The molecule has 20 heavy (non-hydrogen) atoms. The Balaban J connectivity index is 2.31. The lowest BCUT2D eigenvalue weighted by atomic mass is 10.1. The van der Waals surface area contributed by atoms with Gasteiger partial charge in [0.25, 0.3) is 5.91 Å². The molecule has 0 saturated carbocycles. The van der Waals surface area contributed by atoms with Crippen LogP contribution in [0.4, 0.5) is 23.2 Å². The maximum atomic E-state index is 13.7. The summed E-state index contributed by atoms with van der Waals surface area (Å²) in [5.41, 5.74) is -1.89. The van der Waals surface area contributed by atoms with Crippen LogP contribution >= 0.6 is 0 Å². The first kappa shape index (κ1) is 14.0. The zero-order valence-corrected chi connectivity index (χ0v) is 10.2. The molecule has 1 aromatic carbocycles. The number of alkyl halides is 3. The number of carbonyl (C=O) groups excluding carboxylic acids is 1. The second-order valence-electron chi connectivity index (χ2n) is 4.02. The molecule has 1 amide bonds. The molecule has 0 fully saturated rings. The molecule has 1 N–H and O–H groups in total. The molecule has 2 rings (SSSR count). The lowest BCUT2D eigenvalue weighted by Gasteiger charge is -2.10. The molecular formula is C12H9F4N3O. The standard InChI is InChI=1S/C12H9F4N3O/c1-19-6-7(5-17-19)18-11(20)8-3-2-4-9(10(8)13)12(14,15)16/h2-6H,1H3,(H,18,20). The van der Waals surface area contributed by atoms with Gasteiger partial charge in [-0.1, -0.05) is 6.07 Å². The van der Waals surface area contributed by atoms with Gasteiger partial charge in [-0.15, -0.1) is 0 Å². The van der Waals surface area contributed by atoms with Crippen LogP contribution in [0.5, 0.6) is 0 Å². The fourth-order valence-electron chi connectivity index (χ4n) is 1.61. The van der Waals surface area contributed by atoms with Gasteiger partial charge in [0.1, 0.15) is 5.82 Å². The highest BCUT2D eigenvalue weighted by Gasteiger charge is 2.35. The number of aromatic nitrogens is 2. The molecule has 0 saturated heterocycles. The highest BCUT2D eigenvalue weighted by atomic mass is 19.4. The van der Waals surface area contributed by atoms with Gasteiger partial charge in [0, 0.05) is 13.2 Å². The molecule has 0 atom stereocenters. The van der Waals surface area contributed by atoms with Crippen LogP contribution in [0.3, 0.4) is 0 Å². The third-order valence-corrected chi connectivity index (χ3v) is 2.51. The first-order chi connectivity index (χ1) is 9.29. The number of rotatable bonds is 2. The molecular weight excluding hydrogens is 278 g/mol. The molecule has 2 aromatic rings. The van der Waals surface area contributed by atoms with Crippen LogP contribution in [0.25, 0.3) is 0 Å². The van der Waals surface area contributed by atoms with Gasteiger partial charge in [0.15, 0.2) is 0 Å². The van der Waals surface area contributed by atoms with Gasteiger partial charge in [-0.05, 0) is 12.1 Å². The van der Waals surface area contributed by atoms with Crippen molar-refractivity contribution in [2.24, 2.45) is 7.05 Å². The summed E-state index contributed by atoms with van der Waals surface area (Å²) >= 11 is 0. The number of anilines is 1. The normalized spacial score (nSPS) is 11.4. The maximum Gasteiger partial charge on any atom is 0.419 e. The predicted molar refractivity (Wildman–Crippen MR) is 62.6 cm³/mol. The minimum Gasteiger partial charge on any atom is -0.319 e. The summed E-state index contributed by atoms with van der Waals surface area (Å²) in [6.07, 6.45) is -2.12. The number of aryl methyl sites for hydroxylation is 1. The summed E-state index contributed by atoms with van der Waals surface area (Å²) in [7, 11) is 1.60. The van der Waals surface area contributed by atoms with Crippen LogP contribution in [0, 0.1) is 5.82 Å². The Labute approximate surface area is 111 Å². The number of amides is 1. The third-order valence-electron chi connectivity index (χ3n) is 2.51. The topological polar surface area (TPSA) is 46.9 Å². The van der Waals surface area contributed by atoms with E-state index < -0.39 is 29.0 Å². The number of hydrogen-bond acceptors (Lipinski definition) is 2. The minimum atomic E-state index is -4.85. The summed E-state index contributed by atoms with van der Waals surface area (Å²) in [6.45, 7) is 0. The van der Waals surface area contributed by atoms with Crippen LogP contribution in [-0.2, 0) is 13.2 Å². The zero-order valence-electron chi connectivity index (χ0n) is 10.2. The zero-order chi connectivity index (χ0) is 14.9. The quantitative estimate of drug-likeness (QED) is 0.863. The number of nitrogens with one attached hydrogen (secondary N) is 1. The molecule has 0 aliphatic heterocycles. The fraction of sp³-hybridized carbons (Fsp3) is 0.167. The first-order valence-corrected chi connectivity index (χ1v) is 5.45. The lowest BCUT2D eigenvalue weighted by Crippen LogP contribution is -2.17. The van der Waals surface area contributed by atoms with Crippen molar-refractivity contribution in [3.8, 4) is 0 Å². The van der Waals surface area contributed by atoms with E-state index in [2.05, 4.69) is 10.4 Å². The molecule has 0 radical (unpaired) electrons. The predicted octanol–water partition coefficient (Wildman–Crippen LogP) is 2.83. The highest BCUT2D eigenvalue weighted by molar-refractivity contribution is 6.04. The van der Waals surface area contributed by atoms with Crippen molar-refractivity contribution in [2.45, 2.75) is 6.18 Å². The van der Waals surface area contributed by atoms with E-state index in [0.717, 1.165) is 12.1 Å². The molecule has 1 aromatic heterocycles. The molecule has 8 heteroatoms. The van der Waals surface area contributed by atoms with Crippen molar-refractivity contribution in [1.82, 2.24) is 9.78 Å². The second kappa shape index (κ2) is 4.95. The molecule has 0 bridgehead atoms. The molecule has 0 unspecified atom stereocenters. The number of carbonyl (C=O) groups is 1. The van der Waals surface area contributed by atoms with Gasteiger partial charge >= 0.3 is 6.18 Å². The average molecular weight is 287 g/mol. The van der Waals surface area contributed by atoms with Gasteiger partial charge in [0.2, 0.25) is 0 Å². The van der Waals surface area contributed by atoms with Crippen LogP contribution < -0.4 is 5.32 Å². The largest absolute Gasteiger partial charge is 0.419 e. The summed E-state index contributed by atoms with van der Waals surface area (Å²) < 4.78 is 52.7. The van der Waals surface area contributed by atoms with E-state index in [0.29, 0.717) is 6.07 Å². The van der Waals surface area contributed by atoms with Gasteiger partial charge in [0.05, 0.1) is 23.0 Å². The summed E-state index contributed by atoms with van der Waals surface area (Å²) in [5.74, 6) is -2.57. The van der Waals surface area contributed by atoms with Crippen LogP contribution in [0.1, 0.15) is 15.9 Å². The molecule has 0 spiro atoms. The maximum absolute atomic E-state index is 13.7. The average Bonchev–Trinajstić information content (AvgIpc) is 2.73. The van der Waals surface area contributed by atoms with Crippen molar-refractivity contribution < 1.29 is 22.4 Å². The number of benzene rings is 1. The van der Waals surface area contributed by atoms with E-state index in [9.17, 15) is 22.4 Å². The Morgan fingerprint density at radius 2 is 2.05 bits per heavy atom. The summed E-state index contributed by atoms with van der Waals surface area (Å²) in [6, 6.07) is 2.54. The Bertz CT molecular complexity index is 648. The van der Waals surface area contributed by atoms with E-state index in [1.165, 1.54) is 17.1 Å². The lowest BCUT2D eigenvalue weighted by molar-refractivity contribution is -0.140. The monoisotopic (exact) mass is 287 g/mol. The van der Waals surface area contributed by atoms with Crippen molar-refractivity contribution in [3.05, 3.63) is 47.5 Å². The van der Waals surface area contributed by atoms with E-state index in [-0.39, 0.29) is 5.69 Å². The van der Waals surface area contributed by atoms with Gasteiger partial charge in [-0.2, -0.15) is 18.3 Å². The fourth-order valence-corrected chi connectivity index (χ4v) is 1.61. The van der Waals surface area contributed by atoms with E-state index in [1.807, 2.05) is 0 Å². The number of nitrogens with zero attached hydrogens (tertiary/aromatic N) is 2. The van der Waals surface area contributed by atoms with E-state index >= 15 is 0 Å². The van der Waals surface area contributed by atoms with E-state index in [1.54, 1.807) is 7.05 Å². The summed E-state index contributed by atoms with van der Waals surface area (Å²) in [5, 5.41) is 6.04. The summed E-state index contributed by atoms with van der Waals surface area (Å²) in [4.78, 5) is 11.8. The Hall–Kier alpha value is -2.38. The smallest absolute Gasteiger partial charge is 0.319 e. The molecule has 1 heterocycles. The van der Waals surface area contributed by atoms with E-state index in [4.69, 9.17) is 0 Å². The first-order valence-electron chi connectivity index (χ1n) is 5.45. The second-order valence-corrected chi connectivity index (χ2v) is 4.02. The molecule has 0 aliphatic carbocycles.